The maximum atomic E-state index is 12.4. The number of hydrogen-bond donors (Lipinski definition) is 0. The summed E-state index contributed by atoms with van der Waals surface area (Å²) in [4.78, 5) is 22.7. The minimum atomic E-state index is -0.421. The van der Waals surface area contributed by atoms with Gasteiger partial charge >= 0.3 is 0 Å². The molecule has 1 aromatic heterocycles. The Kier molecular flexibility index (Phi) is 5.87. The van der Waals surface area contributed by atoms with Crippen molar-refractivity contribution in [3.63, 3.8) is 0 Å². The second-order valence-corrected chi connectivity index (χ2v) is 7.03. The predicted octanol–water partition coefficient (Wildman–Crippen LogP) is 5.01. The van der Waals surface area contributed by atoms with Gasteiger partial charge in [0.15, 0.2) is 17.3 Å². The molecule has 2 aromatic rings. The second-order valence-electron chi connectivity index (χ2n) is 7.03. The van der Waals surface area contributed by atoms with E-state index in [1.54, 1.807) is 26.0 Å². The normalized spacial score (nSPS) is 18.0. The average Bonchev–Trinajstić information content (AvgIpc) is 3.14. The van der Waals surface area contributed by atoms with E-state index in [1.807, 2.05) is 19.1 Å². The van der Waals surface area contributed by atoms with Crippen LogP contribution in [0.25, 0.3) is 6.08 Å². The summed E-state index contributed by atoms with van der Waals surface area (Å²) in [6, 6.07) is 6.36. The van der Waals surface area contributed by atoms with E-state index < -0.39 is 4.92 Å². The lowest BCUT2D eigenvalue weighted by Gasteiger charge is -2.14. The van der Waals surface area contributed by atoms with Gasteiger partial charge in [0.2, 0.25) is 0 Å². The second kappa shape index (κ2) is 8.34. The van der Waals surface area contributed by atoms with E-state index in [2.05, 4.69) is 0 Å². The van der Waals surface area contributed by atoms with Crippen molar-refractivity contribution in [2.45, 2.75) is 39.7 Å². The van der Waals surface area contributed by atoms with Crippen LogP contribution in [0, 0.1) is 24.0 Å². The van der Waals surface area contributed by atoms with Crippen molar-refractivity contribution < 1.29 is 18.8 Å². The fourth-order valence-electron chi connectivity index (χ4n) is 3.36. The molecule has 1 unspecified atom stereocenters. The highest BCUT2D eigenvalue weighted by atomic mass is 16.6. The molecular formula is C22H23NO6. The molecule has 1 aliphatic rings. The lowest BCUT2D eigenvalue weighted by Crippen LogP contribution is -2.15. The van der Waals surface area contributed by atoms with E-state index in [9.17, 15) is 14.9 Å². The summed E-state index contributed by atoms with van der Waals surface area (Å²) in [5.74, 6) is 1.51. The molecule has 0 amide bonds. The SMILES string of the molecule is COc1oc(C2CCC(=CC(C)=Cc3ccc([N+](=O)[O-])cc3)O2)c(C)c(=O)c1C. The summed E-state index contributed by atoms with van der Waals surface area (Å²) in [7, 11) is 1.47. The van der Waals surface area contributed by atoms with Crippen LogP contribution in [0.2, 0.25) is 0 Å². The first kappa shape index (κ1) is 20.4. The van der Waals surface area contributed by atoms with E-state index in [0.717, 1.165) is 23.3 Å². The first-order valence-electron chi connectivity index (χ1n) is 9.28. The van der Waals surface area contributed by atoms with Gasteiger partial charge in [-0.1, -0.05) is 6.08 Å². The quantitative estimate of drug-likeness (QED) is 0.520. The maximum absolute atomic E-state index is 12.4. The molecule has 0 radical (unpaired) electrons. The van der Waals surface area contributed by atoms with Crippen molar-refractivity contribution in [2.24, 2.45) is 0 Å². The van der Waals surface area contributed by atoms with Crippen molar-refractivity contribution in [3.8, 4) is 5.95 Å². The zero-order valence-corrected chi connectivity index (χ0v) is 16.9. The third-order valence-corrected chi connectivity index (χ3v) is 4.87. The monoisotopic (exact) mass is 397 g/mol. The first-order valence-corrected chi connectivity index (χ1v) is 9.28. The van der Waals surface area contributed by atoms with Crippen molar-refractivity contribution in [2.75, 3.05) is 7.11 Å². The third-order valence-electron chi connectivity index (χ3n) is 4.87. The van der Waals surface area contributed by atoms with Crippen LogP contribution in [0.1, 0.15) is 48.3 Å². The van der Waals surface area contributed by atoms with Crippen LogP contribution in [0.15, 0.2) is 50.9 Å². The number of nitro groups is 1. The van der Waals surface area contributed by atoms with Crippen molar-refractivity contribution in [1.82, 2.24) is 0 Å². The van der Waals surface area contributed by atoms with Gasteiger partial charge < -0.3 is 13.9 Å². The molecule has 1 aromatic carbocycles. The number of benzene rings is 1. The molecule has 1 fully saturated rings. The Balaban J connectivity index is 1.78. The molecule has 0 saturated carbocycles. The van der Waals surface area contributed by atoms with Gasteiger partial charge in [0.1, 0.15) is 0 Å². The molecule has 7 heteroatoms. The molecule has 29 heavy (non-hydrogen) atoms. The summed E-state index contributed by atoms with van der Waals surface area (Å²) in [6.45, 7) is 5.35. The van der Waals surface area contributed by atoms with Gasteiger partial charge in [0.05, 0.1) is 23.4 Å². The van der Waals surface area contributed by atoms with Gasteiger partial charge in [-0.05, 0) is 56.5 Å². The van der Waals surface area contributed by atoms with Crippen molar-refractivity contribution in [3.05, 3.63) is 84.5 Å². The minimum absolute atomic E-state index is 0.0607. The van der Waals surface area contributed by atoms with E-state index in [0.29, 0.717) is 23.3 Å². The predicted molar refractivity (Wildman–Crippen MR) is 109 cm³/mol. The van der Waals surface area contributed by atoms with Crippen LogP contribution in [-0.2, 0) is 4.74 Å². The van der Waals surface area contributed by atoms with E-state index in [4.69, 9.17) is 13.9 Å². The third kappa shape index (κ3) is 4.39. The Morgan fingerprint density at radius 2 is 1.93 bits per heavy atom. The Labute approximate surface area is 168 Å². The fourth-order valence-corrected chi connectivity index (χ4v) is 3.36. The Morgan fingerprint density at radius 3 is 2.55 bits per heavy atom. The molecule has 2 heterocycles. The highest BCUT2D eigenvalue weighted by Crippen LogP contribution is 2.38. The van der Waals surface area contributed by atoms with Crippen molar-refractivity contribution in [1.29, 1.82) is 0 Å². The highest BCUT2D eigenvalue weighted by Gasteiger charge is 2.28. The lowest BCUT2D eigenvalue weighted by atomic mass is 10.1. The first-order chi connectivity index (χ1) is 13.8. The standard InChI is InChI=1S/C22H23NO6/c1-13(11-16-5-7-17(8-6-16)23(25)26)12-18-9-10-19(28-18)21-14(2)20(24)15(3)22(27-4)29-21/h5-8,11-12,19H,9-10H2,1-4H3. The number of nitro benzene ring substituents is 1. The Hall–Kier alpha value is -3.35. The average molecular weight is 397 g/mol. The van der Waals surface area contributed by atoms with Crippen LogP contribution in [-0.4, -0.2) is 12.0 Å². The van der Waals surface area contributed by atoms with E-state index in [-0.39, 0.29) is 23.2 Å². The summed E-state index contributed by atoms with van der Waals surface area (Å²) >= 11 is 0. The van der Waals surface area contributed by atoms with Crippen LogP contribution in [0.4, 0.5) is 5.69 Å². The summed E-state index contributed by atoms with van der Waals surface area (Å²) < 4.78 is 17.0. The van der Waals surface area contributed by atoms with Gasteiger partial charge in [-0.3, -0.25) is 14.9 Å². The molecule has 0 spiro atoms. The van der Waals surface area contributed by atoms with Crippen LogP contribution in [0.3, 0.4) is 0 Å². The number of nitrogens with zero attached hydrogens (tertiary/aromatic N) is 1. The number of allylic oxidation sites excluding steroid dienone is 3. The molecule has 0 N–H and O–H groups in total. The van der Waals surface area contributed by atoms with Gasteiger partial charge in [0.25, 0.3) is 11.6 Å². The van der Waals surface area contributed by atoms with Crippen molar-refractivity contribution >= 4 is 11.8 Å². The molecule has 152 valence electrons. The zero-order chi connectivity index (χ0) is 21.1. The van der Waals surface area contributed by atoms with Gasteiger partial charge in [-0.2, -0.15) is 0 Å². The number of rotatable bonds is 5. The molecule has 0 aliphatic carbocycles. The highest BCUT2D eigenvalue weighted by molar-refractivity contribution is 5.57. The number of hydrogen-bond acceptors (Lipinski definition) is 6. The Morgan fingerprint density at radius 1 is 1.24 bits per heavy atom. The topological polar surface area (TPSA) is 91.8 Å². The van der Waals surface area contributed by atoms with Crippen LogP contribution >= 0.6 is 0 Å². The van der Waals surface area contributed by atoms with Crippen LogP contribution < -0.4 is 10.2 Å². The van der Waals surface area contributed by atoms with Gasteiger partial charge in [0, 0.05) is 24.1 Å². The summed E-state index contributed by atoms with van der Waals surface area (Å²) in [5, 5.41) is 10.7. The van der Waals surface area contributed by atoms with Gasteiger partial charge in [-0.25, -0.2) is 0 Å². The molecule has 3 rings (SSSR count). The Bertz CT molecular complexity index is 1050. The van der Waals surface area contributed by atoms with E-state index in [1.165, 1.54) is 19.2 Å². The molecular weight excluding hydrogens is 374 g/mol. The fraction of sp³-hybridized carbons (Fsp3) is 0.318. The van der Waals surface area contributed by atoms with E-state index >= 15 is 0 Å². The molecule has 1 atom stereocenters. The zero-order valence-electron chi connectivity index (χ0n) is 16.9. The summed E-state index contributed by atoms with van der Waals surface area (Å²) in [5.41, 5.74) is 2.76. The van der Waals surface area contributed by atoms with Crippen LogP contribution in [0.5, 0.6) is 5.95 Å². The van der Waals surface area contributed by atoms with Gasteiger partial charge in [-0.15, -0.1) is 0 Å². The maximum Gasteiger partial charge on any atom is 0.291 e. The molecule has 0 bridgehead atoms. The summed E-state index contributed by atoms with van der Waals surface area (Å²) in [6.07, 6.45) is 4.94. The molecule has 7 nitrogen and oxygen atoms in total. The number of ether oxygens (including phenoxy) is 2. The molecule has 1 saturated heterocycles. The number of methoxy groups -OCH3 is 1. The smallest absolute Gasteiger partial charge is 0.291 e. The molecule has 1 aliphatic heterocycles. The number of non-ortho nitro benzene ring substituents is 1. The lowest BCUT2D eigenvalue weighted by molar-refractivity contribution is -0.384. The minimum Gasteiger partial charge on any atom is -0.487 e. The largest absolute Gasteiger partial charge is 0.487 e.